The fourth-order valence-electron chi connectivity index (χ4n) is 2.22. The Bertz CT molecular complexity index is 914. The molecule has 0 saturated carbocycles. The van der Waals surface area contributed by atoms with Crippen molar-refractivity contribution in [1.29, 1.82) is 0 Å². The summed E-state index contributed by atoms with van der Waals surface area (Å²) in [7, 11) is 0. The average Bonchev–Trinajstić information content (AvgIpc) is 3.10. The van der Waals surface area contributed by atoms with Gasteiger partial charge in [0.05, 0.1) is 11.4 Å². The zero-order chi connectivity index (χ0) is 18.5. The van der Waals surface area contributed by atoms with Crippen LogP contribution in [-0.4, -0.2) is 26.4 Å². The molecule has 0 aliphatic rings. The van der Waals surface area contributed by atoms with Crippen LogP contribution in [0.25, 0.3) is 5.69 Å². The highest BCUT2D eigenvalue weighted by atomic mass is 35.5. The van der Waals surface area contributed by atoms with Gasteiger partial charge in [-0.2, -0.15) is 0 Å². The van der Waals surface area contributed by atoms with Gasteiger partial charge in [-0.25, -0.2) is 4.39 Å². The first kappa shape index (κ1) is 18.4. The zero-order valence-corrected chi connectivity index (χ0v) is 15.5. The van der Waals surface area contributed by atoms with Crippen molar-refractivity contribution in [3.63, 3.8) is 0 Å². The number of nitrogens with zero attached hydrogens (tertiary/aromatic N) is 3. The molecule has 1 amide bonds. The first-order valence-corrected chi connectivity index (χ1v) is 9.20. The fraction of sp³-hybridized carbons (Fsp3) is 0.167. The van der Waals surface area contributed by atoms with Crippen LogP contribution >= 0.6 is 23.4 Å². The second kappa shape index (κ2) is 8.33. The lowest BCUT2D eigenvalue weighted by Gasteiger charge is -2.08. The van der Waals surface area contributed by atoms with Crippen molar-refractivity contribution in [1.82, 2.24) is 20.1 Å². The van der Waals surface area contributed by atoms with Gasteiger partial charge in [0, 0.05) is 11.6 Å². The van der Waals surface area contributed by atoms with Gasteiger partial charge in [0.25, 0.3) is 0 Å². The van der Waals surface area contributed by atoms with E-state index in [0.717, 1.165) is 16.8 Å². The first-order valence-electron chi connectivity index (χ1n) is 7.83. The Morgan fingerprint density at radius 2 is 2.04 bits per heavy atom. The number of amides is 1. The maximum atomic E-state index is 12.9. The Morgan fingerprint density at radius 3 is 2.77 bits per heavy atom. The Hall–Kier alpha value is -2.38. The van der Waals surface area contributed by atoms with E-state index in [9.17, 15) is 9.18 Å². The zero-order valence-electron chi connectivity index (χ0n) is 13.9. The van der Waals surface area contributed by atoms with Gasteiger partial charge in [-0.1, -0.05) is 41.6 Å². The third-order valence-electron chi connectivity index (χ3n) is 3.69. The van der Waals surface area contributed by atoms with Crippen molar-refractivity contribution in [3.8, 4) is 5.69 Å². The molecule has 0 radical (unpaired) electrons. The summed E-state index contributed by atoms with van der Waals surface area (Å²) in [5.74, 6) is -0.249. The van der Waals surface area contributed by atoms with Crippen LogP contribution in [0.1, 0.15) is 11.1 Å². The van der Waals surface area contributed by atoms with Gasteiger partial charge in [0.1, 0.15) is 12.1 Å². The molecule has 3 rings (SSSR count). The third-order valence-corrected chi connectivity index (χ3v) is 5.04. The van der Waals surface area contributed by atoms with E-state index in [0.29, 0.717) is 16.7 Å². The minimum Gasteiger partial charge on any atom is -0.351 e. The molecule has 0 bridgehead atoms. The predicted octanol–water partition coefficient (Wildman–Crippen LogP) is 3.78. The highest BCUT2D eigenvalue weighted by Gasteiger charge is 2.11. The van der Waals surface area contributed by atoms with Crippen LogP contribution in [-0.2, 0) is 11.3 Å². The van der Waals surface area contributed by atoms with E-state index in [1.54, 1.807) is 23.0 Å². The van der Waals surface area contributed by atoms with Crippen molar-refractivity contribution in [2.24, 2.45) is 0 Å². The molecule has 0 spiro atoms. The van der Waals surface area contributed by atoms with Gasteiger partial charge in [-0.3, -0.25) is 9.36 Å². The molecule has 0 unspecified atom stereocenters. The fourth-order valence-corrected chi connectivity index (χ4v) is 3.15. The standard InChI is InChI=1S/C18H16ClFN4OS/c1-12-2-7-15(8-16(12)19)24-11-22-23-18(24)26-10-17(25)21-9-13-3-5-14(20)6-4-13/h2-8,11H,9-10H2,1H3,(H,21,25). The predicted molar refractivity (Wildman–Crippen MR) is 100 cm³/mol. The number of carbonyl (C=O) groups is 1. The van der Waals surface area contributed by atoms with Crippen molar-refractivity contribution in [2.75, 3.05) is 5.75 Å². The largest absolute Gasteiger partial charge is 0.351 e. The lowest BCUT2D eigenvalue weighted by atomic mass is 10.2. The Labute approximate surface area is 159 Å². The van der Waals surface area contributed by atoms with Gasteiger partial charge in [-0.15, -0.1) is 10.2 Å². The molecule has 1 aromatic heterocycles. The van der Waals surface area contributed by atoms with Gasteiger partial charge < -0.3 is 5.32 Å². The maximum absolute atomic E-state index is 12.9. The van der Waals surface area contributed by atoms with Crippen LogP contribution in [0.5, 0.6) is 0 Å². The van der Waals surface area contributed by atoms with E-state index >= 15 is 0 Å². The molecular formula is C18H16ClFN4OS. The van der Waals surface area contributed by atoms with Crippen LogP contribution in [0.3, 0.4) is 0 Å². The molecule has 0 atom stereocenters. The second-order valence-electron chi connectivity index (χ2n) is 5.61. The van der Waals surface area contributed by atoms with Crippen LogP contribution < -0.4 is 5.32 Å². The summed E-state index contributed by atoms with van der Waals surface area (Å²) in [4.78, 5) is 12.0. The number of hydrogen-bond donors (Lipinski definition) is 1. The number of benzene rings is 2. The van der Waals surface area contributed by atoms with Crippen LogP contribution in [0.15, 0.2) is 53.9 Å². The minimum atomic E-state index is -0.300. The molecule has 0 aliphatic carbocycles. The monoisotopic (exact) mass is 390 g/mol. The van der Waals surface area contributed by atoms with E-state index in [2.05, 4.69) is 15.5 Å². The molecule has 0 aliphatic heterocycles. The van der Waals surface area contributed by atoms with Crippen LogP contribution in [0.2, 0.25) is 5.02 Å². The highest BCUT2D eigenvalue weighted by molar-refractivity contribution is 7.99. The van der Waals surface area contributed by atoms with Crippen molar-refractivity contribution >= 4 is 29.3 Å². The molecular weight excluding hydrogens is 375 g/mol. The summed E-state index contributed by atoms with van der Waals surface area (Å²) in [6.07, 6.45) is 1.58. The molecule has 26 heavy (non-hydrogen) atoms. The van der Waals surface area contributed by atoms with E-state index in [1.165, 1.54) is 23.9 Å². The van der Waals surface area contributed by atoms with Gasteiger partial charge >= 0.3 is 0 Å². The van der Waals surface area contributed by atoms with Crippen molar-refractivity contribution in [2.45, 2.75) is 18.6 Å². The molecule has 8 heteroatoms. The topological polar surface area (TPSA) is 59.8 Å². The van der Waals surface area contributed by atoms with Gasteiger partial charge in [0.15, 0.2) is 5.16 Å². The minimum absolute atomic E-state index is 0.143. The Balaban J connectivity index is 1.58. The Morgan fingerprint density at radius 1 is 1.27 bits per heavy atom. The molecule has 1 heterocycles. The van der Waals surface area contributed by atoms with Gasteiger partial charge in [0.2, 0.25) is 5.91 Å². The number of rotatable bonds is 6. The van der Waals surface area contributed by atoms with E-state index in [1.807, 2.05) is 25.1 Å². The number of thioether (sulfide) groups is 1. The van der Waals surface area contributed by atoms with Crippen LogP contribution in [0.4, 0.5) is 4.39 Å². The average molecular weight is 391 g/mol. The molecule has 2 aromatic carbocycles. The molecule has 0 fully saturated rings. The smallest absolute Gasteiger partial charge is 0.230 e. The maximum Gasteiger partial charge on any atom is 0.230 e. The van der Waals surface area contributed by atoms with E-state index in [-0.39, 0.29) is 17.5 Å². The number of hydrogen-bond acceptors (Lipinski definition) is 4. The third kappa shape index (κ3) is 4.62. The lowest BCUT2D eigenvalue weighted by Crippen LogP contribution is -2.24. The quantitative estimate of drug-likeness (QED) is 0.651. The normalized spacial score (nSPS) is 10.7. The Kier molecular flexibility index (Phi) is 5.90. The summed E-state index contributed by atoms with van der Waals surface area (Å²) >= 11 is 7.45. The summed E-state index contributed by atoms with van der Waals surface area (Å²) in [6, 6.07) is 11.7. The number of halogens is 2. The van der Waals surface area contributed by atoms with Crippen molar-refractivity contribution in [3.05, 3.63) is 70.8 Å². The molecule has 1 N–H and O–H groups in total. The molecule has 5 nitrogen and oxygen atoms in total. The van der Waals surface area contributed by atoms with Crippen LogP contribution in [0, 0.1) is 12.7 Å². The summed E-state index contributed by atoms with van der Waals surface area (Å²) < 4.78 is 14.7. The molecule has 0 saturated heterocycles. The number of aryl methyl sites for hydroxylation is 1. The van der Waals surface area contributed by atoms with E-state index < -0.39 is 0 Å². The van der Waals surface area contributed by atoms with Crippen molar-refractivity contribution < 1.29 is 9.18 Å². The SMILES string of the molecule is Cc1ccc(-n2cnnc2SCC(=O)NCc2ccc(F)cc2)cc1Cl. The number of nitrogens with one attached hydrogen (secondary N) is 1. The lowest BCUT2D eigenvalue weighted by molar-refractivity contribution is -0.118. The molecule has 3 aromatic rings. The van der Waals surface area contributed by atoms with E-state index in [4.69, 9.17) is 11.6 Å². The summed E-state index contributed by atoms with van der Waals surface area (Å²) in [5.41, 5.74) is 2.65. The van der Waals surface area contributed by atoms with Gasteiger partial charge in [-0.05, 0) is 42.3 Å². The second-order valence-corrected chi connectivity index (χ2v) is 6.96. The first-order chi connectivity index (χ1) is 12.5. The highest BCUT2D eigenvalue weighted by Crippen LogP contribution is 2.23. The summed E-state index contributed by atoms with van der Waals surface area (Å²) in [6.45, 7) is 2.28. The summed E-state index contributed by atoms with van der Waals surface area (Å²) in [5, 5.41) is 12.0. The number of carbonyl (C=O) groups excluding carboxylic acids is 1. The number of aromatic nitrogens is 3. The molecule has 134 valence electrons.